The molecule has 0 radical (unpaired) electrons. The molecule has 1 aromatic heterocycles. The van der Waals surface area contributed by atoms with Crippen molar-refractivity contribution in [3.05, 3.63) is 83.9 Å². The zero-order valence-electron chi connectivity index (χ0n) is 15.3. The number of hydrogen-bond acceptors (Lipinski definition) is 4. The van der Waals surface area contributed by atoms with Gasteiger partial charge in [-0.1, -0.05) is 60.7 Å². The van der Waals surface area contributed by atoms with Crippen LogP contribution in [0.2, 0.25) is 0 Å². The van der Waals surface area contributed by atoms with Gasteiger partial charge in [-0.15, -0.1) is 0 Å². The summed E-state index contributed by atoms with van der Waals surface area (Å²) in [7, 11) is 1.81. The second-order valence-corrected chi connectivity index (χ2v) is 6.12. The van der Waals surface area contributed by atoms with E-state index in [-0.39, 0.29) is 0 Å². The average molecular weight is 356 g/mol. The lowest BCUT2D eigenvalue weighted by atomic mass is 10.0. The van der Waals surface area contributed by atoms with Gasteiger partial charge in [0.05, 0.1) is 12.3 Å². The summed E-state index contributed by atoms with van der Waals surface area (Å²) in [5.74, 6) is 0.704. The van der Waals surface area contributed by atoms with Crippen molar-refractivity contribution in [2.75, 3.05) is 6.61 Å². The van der Waals surface area contributed by atoms with E-state index >= 15 is 0 Å². The molecule has 0 bridgehead atoms. The summed E-state index contributed by atoms with van der Waals surface area (Å²) in [5, 5.41) is 8.78. The van der Waals surface area contributed by atoms with Gasteiger partial charge >= 0.3 is 0 Å². The molecule has 27 heavy (non-hydrogen) atoms. The van der Waals surface area contributed by atoms with Crippen LogP contribution in [0.1, 0.15) is 18.1 Å². The summed E-state index contributed by atoms with van der Waals surface area (Å²) < 4.78 is 5.84. The van der Waals surface area contributed by atoms with Crippen LogP contribution in [0, 0.1) is 0 Å². The summed E-state index contributed by atoms with van der Waals surface area (Å²) >= 11 is 0. The van der Waals surface area contributed by atoms with Crippen LogP contribution in [-0.2, 0) is 7.05 Å². The van der Waals surface area contributed by atoms with Gasteiger partial charge in [0.15, 0.2) is 0 Å². The van der Waals surface area contributed by atoms with E-state index in [1.54, 1.807) is 4.80 Å². The number of fused-ring (bicyclic) bond motifs is 1. The molecule has 1 heterocycles. The Morgan fingerprint density at radius 2 is 1.44 bits per heavy atom. The zero-order valence-corrected chi connectivity index (χ0v) is 15.3. The third-order valence-corrected chi connectivity index (χ3v) is 4.19. The van der Waals surface area contributed by atoms with Crippen molar-refractivity contribution < 1.29 is 4.74 Å². The maximum Gasteiger partial charge on any atom is 0.147 e. The zero-order chi connectivity index (χ0) is 18.6. The SMILES string of the molecule is CCOc1cc2nn(C)nc2cc1N=C(c1ccccc1)c1ccccc1. The molecule has 0 N–H and O–H groups in total. The Labute approximate surface area is 157 Å². The smallest absolute Gasteiger partial charge is 0.147 e. The molecule has 0 saturated heterocycles. The fourth-order valence-corrected chi connectivity index (χ4v) is 3.01. The van der Waals surface area contributed by atoms with Crippen molar-refractivity contribution in [1.82, 2.24) is 15.0 Å². The molecule has 0 aliphatic rings. The molecule has 0 aliphatic carbocycles. The molecule has 4 aromatic rings. The molecule has 0 aliphatic heterocycles. The lowest BCUT2D eigenvalue weighted by molar-refractivity contribution is 0.342. The predicted molar refractivity (Wildman–Crippen MR) is 108 cm³/mol. The van der Waals surface area contributed by atoms with Crippen LogP contribution in [-0.4, -0.2) is 27.3 Å². The van der Waals surface area contributed by atoms with Crippen LogP contribution < -0.4 is 4.74 Å². The first-order valence-corrected chi connectivity index (χ1v) is 8.92. The van der Waals surface area contributed by atoms with Gasteiger partial charge in [0.25, 0.3) is 0 Å². The van der Waals surface area contributed by atoms with Gasteiger partial charge in [0.1, 0.15) is 22.5 Å². The molecule has 0 fully saturated rings. The van der Waals surface area contributed by atoms with Gasteiger partial charge in [-0.25, -0.2) is 4.99 Å². The molecule has 5 heteroatoms. The van der Waals surface area contributed by atoms with E-state index in [9.17, 15) is 0 Å². The van der Waals surface area contributed by atoms with E-state index in [0.29, 0.717) is 12.4 Å². The number of aliphatic imine (C=N–C) groups is 1. The van der Waals surface area contributed by atoms with Crippen molar-refractivity contribution in [1.29, 1.82) is 0 Å². The lowest BCUT2D eigenvalue weighted by Gasteiger charge is -2.11. The quantitative estimate of drug-likeness (QED) is 0.494. The lowest BCUT2D eigenvalue weighted by Crippen LogP contribution is -2.03. The Bertz CT molecular complexity index is 1040. The van der Waals surface area contributed by atoms with Crippen LogP contribution in [0.4, 0.5) is 5.69 Å². The molecule has 5 nitrogen and oxygen atoms in total. The number of ether oxygens (including phenoxy) is 1. The molecule has 0 saturated carbocycles. The molecule has 3 aromatic carbocycles. The molecule has 0 spiro atoms. The monoisotopic (exact) mass is 356 g/mol. The maximum atomic E-state index is 5.84. The second-order valence-electron chi connectivity index (χ2n) is 6.12. The highest BCUT2D eigenvalue weighted by Gasteiger charge is 2.13. The van der Waals surface area contributed by atoms with Crippen molar-refractivity contribution in [3.8, 4) is 5.75 Å². The van der Waals surface area contributed by atoms with E-state index in [1.165, 1.54) is 0 Å². The van der Waals surface area contributed by atoms with Crippen LogP contribution in [0.25, 0.3) is 11.0 Å². The minimum atomic E-state index is 0.556. The van der Waals surface area contributed by atoms with E-state index in [4.69, 9.17) is 9.73 Å². The predicted octanol–water partition coefficient (Wildman–Crippen LogP) is 4.54. The highest BCUT2D eigenvalue weighted by Crippen LogP contribution is 2.33. The van der Waals surface area contributed by atoms with Crippen molar-refractivity contribution >= 4 is 22.4 Å². The molecular weight excluding hydrogens is 336 g/mol. The summed E-state index contributed by atoms with van der Waals surface area (Å²) in [5.41, 5.74) is 5.31. The van der Waals surface area contributed by atoms with Gasteiger partial charge in [0.2, 0.25) is 0 Å². The Kier molecular flexibility index (Phi) is 4.66. The summed E-state index contributed by atoms with van der Waals surface area (Å²) in [6.45, 7) is 2.52. The summed E-state index contributed by atoms with van der Waals surface area (Å²) in [6.07, 6.45) is 0. The highest BCUT2D eigenvalue weighted by molar-refractivity contribution is 6.14. The topological polar surface area (TPSA) is 52.3 Å². The molecule has 4 rings (SSSR count). The first-order chi connectivity index (χ1) is 13.2. The summed E-state index contributed by atoms with van der Waals surface area (Å²) in [4.78, 5) is 6.55. The van der Waals surface area contributed by atoms with E-state index in [1.807, 2.05) is 62.5 Å². The molecule has 0 unspecified atom stereocenters. The Morgan fingerprint density at radius 3 is 2.00 bits per heavy atom. The molecule has 134 valence electrons. The van der Waals surface area contributed by atoms with E-state index < -0.39 is 0 Å². The number of aryl methyl sites for hydroxylation is 1. The number of benzene rings is 3. The van der Waals surface area contributed by atoms with E-state index in [2.05, 4.69) is 34.5 Å². The molecular formula is C22H20N4O. The highest BCUT2D eigenvalue weighted by atomic mass is 16.5. The van der Waals surface area contributed by atoms with Gasteiger partial charge in [-0.2, -0.15) is 15.0 Å². The number of rotatable bonds is 5. The average Bonchev–Trinajstić information content (AvgIpc) is 3.06. The largest absolute Gasteiger partial charge is 0.492 e. The van der Waals surface area contributed by atoms with Crippen LogP contribution in [0.5, 0.6) is 5.75 Å². The van der Waals surface area contributed by atoms with Crippen LogP contribution >= 0.6 is 0 Å². The third kappa shape index (κ3) is 3.58. The molecule has 0 atom stereocenters. The van der Waals surface area contributed by atoms with Gasteiger partial charge < -0.3 is 4.74 Å². The van der Waals surface area contributed by atoms with E-state index in [0.717, 1.165) is 33.6 Å². The van der Waals surface area contributed by atoms with Crippen molar-refractivity contribution in [2.24, 2.45) is 12.0 Å². The minimum absolute atomic E-state index is 0.556. The third-order valence-electron chi connectivity index (χ3n) is 4.19. The number of nitrogens with zero attached hydrogens (tertiary/aromatic N) is 4. The Morgan fingerprint density at radius 1 is 0.889 bits per heavy atom. The van der Waals surface area contributed by atoms with Gasteiger partial charge in [-0.3, -0.25) is 0 Å². The van der Waals surface area contributed by atoms with Crippen molar-refractivity contribution in [2.45, 2.75) is 6.92 Å². The number of hydrogen-bond donors (Lipinski definition) is 0. The standard InChI is InChI=1S/C22H20N4O/c1-3-27-21-15-19-18(24-26(2)25-19)14-20(21)23-22(16-10-6-4-7-11-16)17-12-8-5-9-13-17/h4-15H,3H2,1-2H3. The fraction of sp³-hybridized carbons (Fsp3) is 0.136. The van der Waals surface area contributed by atoms with Gasteiger partial charge in [-0.05, 0) is 13.0 Å². The second kappa shape index (κ2) is 7.41. The number of aromatic nitrogens is 3. The first kappa shape index (κ1) is 17.0. The Balaban J connectivity index is 1.93. The maximum absolute atomic E-state index is 5.84. The minimum Gasteiger partial charge on any atom is -0.492 e. The molecule has 0 amide bonds. The van der Waals surface area contributed by atoms with Crippen molar-refractivity contribution in [3.63, 3.8) is 0 Å². The van der Waals surface area contributed by atoms with Crippen LogP contribution in [0.3, 0.4) is 0 Å². The van der Waals surface area contributed by atoms with Gasteiger partial charge in [0, 0.05) is 24.2 Å². The normalized spacial score (nSPS) is 10.7. The summed E-state index contributed by atoms with van der Waals surface area (Å²) in [6, 6.07) is 24.2. The van der Waals surface area contributed by atoms with Crippen LogP contribution in [0.15, 0.2) is 77.8 Å². The first-order valence-electron chi connectivity index (χ1n) is 8.92. The fourth-order valence-electron chi connectivity index (χ4n) is 3.01. The Hall–Kier alpha value is -3.47.